The number of piperidine rings is 1. The number of nitrogens with zero attached hydrogens (tertiary/aromatic N) is 5. The van der Waals surface area contributed by atoms with Gasteiger partial charge in [0, 0.05) is 30.9 Å². The van der Waals surface area contributed by atoms with Gasteiger partial charge in [0.2, 0.25) is 5.95 Å². The van der Waals surface area contributed by atoms with E-state index in [1.54, 1.807) is 18.4 Å². The number of aliphatic hydroxyl groups is 1. The summed E-state index contributed by atoms with van der Waals surface area (Å²) in [4.78, 5) is 20.4. The van der Waals surface area contributed by atoms with E-state index in [9.17, 15) is 5.11 Å². The number of methoxy groups -OCH3 is 1. The number of benzene rings is 1. The van der Waals surface area contributed by atoms with Crippen LogP contribution >= 0.6 is 11.3 Å². The van der Waals surface area contributed by atoms with Crippen LogP contribution in [0.1, 0.15) is 49.8 Å². The van der Waals surface area contributed by atoms with Crippen molar-refractivity contribution in [2.75, 3.05) is 48.8 Å². The van der Waals surface area contributed by atoms with Crippen molar-refractivity contribution >= 4 is 50.5 Å². The molecule has 3 aliphatic rings. The highest BCUT2D eigenvalue weighted by Gasteiger charge is 2.37. The van der Waals surface area contributed by atoms with Crippen molar-refractivity contribution in [1.82, 2.24) is 19.9 Å². The third-order valence-corrected chi connectivity index (χ3v) is 9.91. The zero-order chi connectivity index (χ0) is 28.0. The fourth-order valence-electron chi connectivity index (χ4n) is 6.21. The number of nitrogens with one attached hydrogen (secondary N) is 2. The van der Waals surface area contributed by atoms with Crippen LogP contribution in [0.2, 0.25) is 0 Å². The topological polar surface area (TPSA) is 98.7 Å². The molecule has 0 unspecified atom stereocenters. The lowest BCUT2D eigenvalue weighted by Crippen LogP contribution is -2.50. The molecule has 1 aliphatic carbocycles. The minimum absolute atomic E-state index is 0.501. The molecule has 3 fully saturated rings. The molecule has 214 valence electrons. The molecule has 0 radical (unpaired) electrons. The SMILES string of the molecule is COc1cc(Nc2nc(Nc3cccc(C4(O)CCC4)n3)c3c(C)csc3n2)ccc1N1CCC(N2CCC2)CC1. The highest BCUT2D eigenvalue weighted by Crippen LogP contribution is 2.41. The van der Waals surface area contributed by atoms with E-state index in [1.807, 2.05) is 24.3 Å². The third kappa shape index (κ3) is 5.09. The molecular weight excluding hydrogens is 534 g/mol. The number of aromatic nitrogens is 3. The molecule has 10 heteroatoms. The number of hydrogen-bond donors (Lipinski definition) is 3. The first kappa shape index (κ1) is 26.4. The molecule has 3 aromatic heterocycles. The van der Waals surface area contributed by atoms with Crippen molar-refractivity contribution in [1.29, 1.82) is 0 Å². The predicted octanol–water partition coefficient (Wildman–Crippen LogP) is 5.94. The van der Waals surface area contributed by atoms with E-state index >= 15 is 0 Å². The number of ether oxygens (including phenoxy) is 1. The summed E-state index contributed by atoms with van der Waals surface area (Å²) >= 11 is 1.59. The number of aryl methyl sites for hydroxylation is 1. The Hall–Kier alpha value is -3.47. The molecule has 9 nitrogen and oxygen atoms in total. The Morgan fingerprint density at radius 2 is 1.83 bits per heavy atom. The summed E-state index contributed by atoms with van der Waals surface area (Å²) in [5.41, 5.74) is 2.99. The standard InChI is InChI=1S/C31H37N7O2S/c1-20-19-41-29-27(20)28(34-26-7-3-6-25(33-26)31(39)12-4-13-31)35-30(36-29)32-21-8-9-23(24(18-21)40-2)38-16-10-22(11-17-38)37-14-5-15-37/h3,6-9,18-19,22,39H,4-5,10-17H2,1-2H3,(H2,32,33,34,35,36). The van der Waals surface area contributed by atoms with Crippen molar-refractivity contribution in [2.45, 2.75) is 57.1 Å². The number of anilines is 5. The summed E-state index contributed by atoms with van der Waals surface area (Å²) in [6, 6.07) is 12.7. The van der Waals surface area contributed by atoms with Crippen molar-refractivity contribution in [2.24, 2.45) is 0 Å². The van der Waals surface area contributed by atoms with Gasteiger partial charge in [0.1, 0.15) is 27.8 Å². The minimum Gasteiger partial charge on any atom is -0.495 e. The Kier molecular flexibility index (Phi) is 6.92. The van der Waals surface area contributed by atoms with E-state index in [0.29, 0.717) is 23.3 Å². The van der Waals surface area contributed by atoms with Crippen LogP contribution in [0.15, 0.2) is 41.8 Å². The first-order chi connectivity index (χ1) is 20.0. The maximum Gasteiger partial charge on any atom is 0.230 e. The van der Waals surface area contributed by atoms with Gasteiger partial charge >= 0.3 is 0 Å². The predicted molar refractivity (Wildman–Crippen MR) is 165 cm³/mol. The molecule has 0 spiro atoms. The van der Waals surface area contributed by atoms with Crippen LogP contribution in [0, 0.1) is 6.92 Å². The maximum absolute atomic E-state index is 10.8. The molecule has 0 bridgehead atoms. The first-order valence-corrected chi connectivity index (χ1v) is 15.5. The second-order valence-electron chi connectivity index (χ2n) is 11.5. The molecule has 0 amide bonds. The molecule has 2 aliphatic heterocycles. The van der Waals surface area contributed by atoms with E-state index in [0.717, 1.165) is 71.3 Å². The summed E-state index contributed by atoms with van der Waals surface area (Å²) in [6.45, 7) is 6.68. The number of fused-ring (bicyclic) bond motifs is 1. The average molecular weight is 572 g/mol. The van der Waals surface area contributed by atoms with Crippen LogP contribution in [0.3, 0.4) is 0 Å². The summed E-state index contributed by atoms with van der Waals surface area (Å²) in [7, 11) is 1.73. The molecule has 1 aromatic carbocycles. The fourth-order valence-corrected chi connectivity index (χ4v) is 7.13. The Morgan fingerprint density at radius 3 is 2.54 bits per heavy atom. The lowest BCUT2D eigenvalue weighted by Gasteiger charge is -2.43. The van der Waals surface area contributed by atoms with Crippen molar-refractivity contribution in [3.8, 4) is 5.75 Å². The average Bonchev–Trinajstić information content (AvgIpc) is 3.32. The number of likely N-dealkylation sites (tertiary alicyclic amines) is 1. The molecule has 1 saturated carbocycles. The molecule has 3 N–H and O–H groups in total. The Balaban J connectivity index is 1.12. The van der Waals surface area contributed by atoms with Crippen molar-refractivity contribution < 1.29 is 9.84 Å². The molecule has 5 heterocycles. The van der Waals surface area contributed by atoms with Gasteiger partial charge in [0.05, 0.1) is 23.9 Å². The quantitative estimate of drug-likeness (QED) is 0.237. The lowest BCUT2D eigenvalue weighted by atomic mass is 9.77. The second kappa shape index (κ2) is 10.7. The van der Waals surface area contributed by atoms with Crippen LogP contribution < -0.4 is 20.3 Å². The van der Waals surface area contributed by atoms with Crippen LogP contribution in [0.5, 0.6) is 5.75 Å². The molecule has 0 atom stereocenters. The van der Waals surface area contributed by atoms with Gasteiger partial charge in [0.15, 0.2) is 0 Å². The normalized spacial score (nSPS) is 19.0. The van der Waals surface area contributed by atoms with Gasteiger partial charge in [-0.05, 0) is 93.7 Å². The van der Waals surface area contributed by atoms with Crippen LogP contribution in [0.25, 0.3) is 10.2 Å². The minimum atomic E-state index is -0.820. The second-order valence-corrected chi connectivity index (χ2v) is 12.4. The molecule has 7 rings (SSSR count). The van der Waals surface area contributed by atoms with Crippen LogP contribution in [0.4, 0.5) is 29.0 Å². The van der Waals surface area contributed by atoms with E-state index in [4.69, 9.17) is 19.7 Å². The summed E-state index contributed by atoms with van der Waals surface area (Å²) in [5.74, 6) is 2.69. The fraction of sp³-hybridized carbons (Fsp3) is 0.452. The number of rotatable bonds is 8. The number of thiophene rings is 1. The number of hydrogen-bond acceptors (Lipinski definition) is 10. The lowest BCUT2D eigenvalue weighted by molar-refractivity contribution is -0.0425. The molecular formula is C31H37N7O2S. The van der Waals surface area contributed by atoms with E-state index in [1.165, 1.54) is 32.4 Å². The van der Waals surface area contributed by atoms with Gasteiger partial charge in [-0.3, -0.25) is 0 Å². The van der Waals surface area contributed by atoms with Crippen molar-refractivity contribution in [3.63, 3.8) is 0 Å². The molecule has 41 heavy (non-hydrogen) atoms. The molecule has 2 saturated heterocycles. The third-order valence-electron chi connectivity index (χ3n) is 8.92. The van der Waals surface area contributed by atoms with Gasteiger partial charge in [-0.25, -0.2) is 9.97 Å². The first-order valence-electron chi connectivity index (χ1n) is 14.7. The van der Waals surface area contributed by atoms with Crippen LogP contribution in [-0.2, 0) is 5.60 Å². The van der Waals surface area contributed by atoms with Gasteiger partial charge in [0.25, 0.3) is 0 Å². The van der Waals surface area contributed by atoms with Gasteiger partial charge in [-0.1, -0.05) is 6.07 Å². The van der Waals surface area contributed by atoms with Gasteiger partial charge < -0.3 is 30.3 Å². The van der Waals surface area contributed by atoms with Gasteiger partial charge in [-0.2, -0.15) is 4.98 Å². The highest BCUT2D eigenvalue weighted by molar-refractivity contribution is 7.17. The van der Waals surface area contributed by atoms with E-state index in [2.05, 4.69) is 44.9 Å². The van der Waals surface area contributed by atoms with Crippen LogP contribution in [-0.4, -0.2) is 64.3 Å². The Labute approximate surface area is 244 Å². The largest absolute Gasteiger partial charge is 0.495 e. The Morgan fingerprint density at radius 1 is 1.00 bits per heavy atom. The monoisotopic (exact) mass is 571 g/mol. The summed E-state index contributed by atoms with van der Waals surface area (Å²) in [5, 5.41) is 20.7. The number of pyridine rings is 1. The summed E-state index contributed by atoms with van der Waals surface area (Å²) < 4.78 is 5.84. The van der Waals surface area contributed by atoms with Gasteiger partial charge in [-0.15, -0.1) is 11.3 Å². The van der Waals surface area contributed by atoms with E-state index in [-0.39, 0.29) is 0 Å². The highest BCUT2D eigenvalue weighted by atomic mass is 32.1. The molecule has 4 aromatic rings. The maximum atomic E-state index is 10.8. The van der Waals surface area contributed by atoms with Crippen molar-refractivity contribution in [3.05, 3.63) is 53.0 Å². The summed E-state index contributed by atoms with van der Waals surface area (Å²) in [6.07, 6.45) is 6.26. The van der Waals surface area contributed by atoms with E-state index < -0.39 is 5.60 Å². The zero-order valence-corrected chi connectivity index (χ0v) is 24.5. The smallest absolute Gasteiger partial charge is 0.230 e. The Bertz CT molecular complexity index is 1560. The zero-order valence-electron chi connectivity index (χ0n) is 23.7.